The van der Waals surface area contributed by atoms with E-state index in [2.05, 4.69) is 69.8 Å². The highest BCUT2D eigenvalue weighted by Gasteiger charge is 2.02. The van der Waals surface area contributed by atoms with Crippen LogP contribution in [0.15, 0.2) is 37.4 Å². The summed E-state index contributed by atoms with van der Waals surface area (Å²) in [7, 11) is -5.73. The molecule has 0 aliphatic heterocycles. The average molecular weight is 414 g/mol. The molecule has 0 fully saturated rings. The van der Waals surface area contributed by atoms with E-state index >= 15 is 0 Å². The van der Waals surface area contributed by atoms with Crippen molar-refractivity contribution >= 4 is 20.8 Å². The van der Waals surface area contributed by atoms with Crippen molar-refractivity contribution in [1.82, 2.24) is 9.13 Å². The van der Waals surface area contributed by atoms with Crippen molar-refractivity contribution < 1.29 is 44.2 Å². The van der Waals surface area contributed by atoms with Crippen LogP contribution in [0, 0.1) is 0 Å². The maximum atomic E-state index is 8.63. The molecule has 150 valence electrons. The predicted molar refractivity (Wildman–Crippen MR) is 85.1 cm³/mol. The Morgan fingerprint density at radius 2 is 1.08 bits per heavy atom. The van der Waals surface area contributed by atoms with Gasteiger partial charge in [-0.05, 0) is 12.8 Å². The van der Waals surface area contributed by atoms with Gasteiger partial charge < -0.3 is 9.11 Å². The van der Waals surface area contributed by atoms with Crippen molar-refractivity contribution in [2.24, 2.45) is 14.1 Å². The molecule has 0 amide bonds. The minimum absolute atomic E-state index is 1.11. The number of imidazole rings is 2. The molecule has 0 aliphatic rings. The van der Waals surface area contributed by atoms with Gasteiger partial charge >= 0.3 is 0 Å². The monoisotopic (exact) mass is 414 g/mol. The van der Waals surface area contributed by atoms with Gasteiger partial charge in [-0.3, -0.25) is 9.11 Å². The first kappa shape index (κ1) is 24.2. The van der Waals surface area contributed by atoms with E-state index in [4.69, 9.17) is 35.0 Å². The van der Waals surface area contributed by atoms with E-state index in [9.17, 15) is 0 Å². The maximum Gasteiger partial charge on any atom is 0.243 e. The zero-order chi connectivity index (χ0) is 20.4. The first-order valence-corrected chi connectivity index (χ1v) is 9.85. The number of aromatic nitrogens is 4. The van der Waals surface area contributed by atoms with Gasteiger partial charge in [-0.1, -0.05) is 0 Å². The summed E-state index contributed by atoms with van der Waals surface area (Å²) in [5.74, 6) is 0. The number of aryl methyl sites for hydroxylation is 4. The molecular weight excluding hydrogens is 392 g/mol. The van der Waals surface area contributed by atoms with Gasteiger partial charge in [0.25, 0.3) is 0 Å². The highest BCUT2D eigenvalue weighted by molar-refractivity contribution is 7.80. The molecule has 2 heterocycles. The second-order valence-electron chi connectivity index (χ2n) is 5.20. The molecule has 0 radical (unpaired) electrons. The first-order valence-electron chi connectivity index (χ1n) is 7.12. The third-order valence-corrected chi connectivity index (χ3v) is 2.73. The van der Waals surface area contributed by atoms with Crippen LogP contribution >= 0.6 is 0 Å². The molecule has 0 saturated carbocycles. The summed E-state index contributed by atoms with van der Waals surface area (Å²) < 4.78 is 74.3. The van der Waals surface area contributed by atoms with E-state index in [1.54, 1.807) is 0 Å². The molecule has 0 bridgehead atoms. The molecule has 0 aliphatic carbocycles. The van der Waals surface area contributed by atoms with Crippen LogP contribution in [0.2, 0.25) is 0 Å². The van der Waals surface area contributed by atoms with Crippen molar-refractivity contribution in [1.29, 1.82) is 0 Å². The van der Waals surface area contributed by atoms with Crippen molar-refractivity contribution in [3.05, 3.63) is 37.4 Å². The molecule has 0 spiro atoms. The van der Waals surface area contributed by atoms with Crippen LogP contribution in [0.5, 0.6) is 0 Å². The molecule has 14 heteroatoms. The fourth-order valence-corrected chi connectivity index (χ4v) is 1.86. The van der Waals surface area contributed by atoms with E-state index in [0.29, 0.717) is 0 Å². The number of rotatable bonds is 5. The molecule has 0 unspecified atom stereocenters. The maximum absolute atomic E-state index is 8.63. The number of unbranched alkanes of at least 4 members (excludes halogenated alkanes) is 1. The molecule has 0 atom stereocenters. The van der Waals surface area contributed by atoms with Crippen LogP contribution < -0.4 is 9.13 Å². The minimum atomic E-state index is -4.92. The Hall–Kier alpha value is -1.84. The van der Waals surface area contributed by atoms with E-state index in [-0.39, 0.29) is 0 Å². The lowest BCUT2D eigenvalue weighted by molar-refractivity contribution is -0.671. The Kier molecular flexibility index (Phi) is 10.2. The zero-order valence-corrected chi connectivity index (χ0v) is 15.9. The van der Waals surface area contributed by atoms with Gasteiger partial charge in [0.2, 0.25) is 33.5 Å². The molecule has 12 nitrogen and oxygen atoms in total. The zero-order valence-electron chi connectivity index (χ0n) is 14.2. The summed E-state index contributed by atoms with van der Waals surface area (Å²) in [5.41, 5.74) is 0. The van der Waals surface area contributed by atoms with Gasteiger partial charge in [0.05, 0.1) is 27.2 Å². The van der Waals surface area contributed by atoms with Gasteiger partial charge in [-0.25, -0.2) is 35.1 Å². The molecule has 2 N–H and O–H groups in total. The predicted octanol–water partition coefficient (Wildman–Crippen LogP) is -1.57. The smallest absolute Gasteiger partial charge is 0.243 e. The van der Waals surface area contributed by atoms with Crippen LogP contribution in [-0.2, 0) is 48.0 Å². The van der Waals surface area contributed by atoms with E-state index < -0.39 is 20.8 Å². The summed E-state index contributed by atoms with van der Waals surface area (Å²) in [6, 6.07) is 0. The van der Waals surface area contributed by atoms with Crippen molar-refractivity contribution in [3.63, 3.8) is 0 Å². The Bertz CT molecular complexity index is 769. The minimum Gasteiger partial charge on any atom is -0.726 e. The Morgan fingerprint density at radius 1 is 0.808 bits per heavy atom. The lowest BCUT2D eigenvalue weighted by atomic mass is 10.3. The molecule has 26 heavy (non-hydrogen) atoms. The van der Waals surface area contributed by atoms with Gasteiger partial charge in [0.1, 0.15) is 24.8 Å². The standard InChI is InChI=1S/C12H20N4.2H2O4S/c1-13-7-9-15(11-13)5-3-4-6-16-10-8-14(2)12-16;2*1-5(2,3)4/h7-12H,3-6H2,1-2H3;2*(H2,1,2,3,4)/q+2;;/p-2. The largest absolute Gasteiger partial charge is 0.726 e. The Labute approximate surface area is 152 Å². The molecule has 2 aromatic heterocycles. The highest BCUT2D eigenvalue weighted by atomic mass is 32.3. The highest BCUT2D eigenvalue weighted by Crippen LogP contribution is 1.97. The lowest BCUT2D eigenvalue weighted by Crippen LogP contribution is -2.24. The normalized spacial score (nSPS) is 11.2. The third-order valence-electron chi connectivity index (χ3n) is 2.73. The first-order chi connectivity index (χ1) is 11.7. The van der Waals surface area contributed by atoms with Crippen molar-refractivity contribution in [3.8, 4) is 0 Å². The summed E-state index contributed by atoms with van der Waals surface area (Å²) in [4.78, 5) is 0. The second kappa shape index (κ2) is 11.0. The summed E-state index contributed by atoms with van der Waals surface area (Å²) in [5, 5.41) is 0. The van der Waals surface area contributed by atoms with Crippen LogP contribution in [-0.4, -0.2) is 44.2 Å². The van der Waals surface area contributed by atoms with E-state index in [0.717, 1.165) is 13.1 Å². The van der Waals surface area contributed by atoms with Crippen LogP contribution in [0.3, 0.4) is 0 Å². The number of hydrogen-bond acceptors (Lipinski definition) is 6. The van der Waals surface area contributed by atoms with E-state index in [1.165, 1.54) is 12.8 Å². The Morgan fingerprint density at radius 3 is 1.27 bits per heavy atom. The fraction of sp³-hybridized carbons (Fsp3) is 0.500. The topological polar surface area (TPSA) is 172 Å². The van der Waals surface area contributed by atoms with Crippen molar-refractivity contribution in [2.75, 3.05) is 0 Å². The van der Waals surface area contributed by atoms with Gasteiger partial charge in [0.15, 0.2) is 0 Å². The number of hydrogen-bond donors (Lipinski definition) is 2. The van der Waals surface area contributed by atoms with E-state index in [1.807, 2.05) is 0 Å². The molecule has 2 aromatic rings. The summed E-state index contributed by atoms with van der Waals surface area (Å²) >= 11 is 0. The van der Waals surface area contributed by atoms with Gasteiger partial charge in [0, 0.05) is 0 Å². The van der Waals surface area contributed by atoms with Crippen molar-refractivity contribution in [2.45, 2.75) is 25.9 Å². The third kappa shape index (κ3) is 18.5. The molecule has 0 saturated heterocycles. The van der Waals surface area contributed by atoms with Gasteiger partial charge in [-0.15, -0.1) is 0 Å². The summed E-state index contributed by atoms with van der Waals surface area (Å²) in [6.07, 6.45) is 15.1. The second-order valence-corrected chi connectivity index (χ2v) is 6.91. The lowest BCUT2D eigenvalue weighted by Gasteiger charge is -1.96. The molecule has 0 aromatic carbocycles. The summed E-state index contributed by atoms with van der Waals surface area (Å²) in [6.45, 7) is 2.21. The van der Waals surface area contributed by atoms with Crippen LogP contribution in [0.1, 0.15) is 12.8 Å². The van der Waals surface area contributed by atoms with Gasteiger partial charge in [-0.2, -0.15) is 0 Å². The molecular formula is C12H22N4O8S2. The SMILES string of the molecule is C[n+]1ccn(CCCCn2cc[n+](C)c2)c1.O=S(=O)([O-])O.O=S(=O)([O-])O. The van der Waals surface area contributed by atoms with Crippen LogP contribution in [0.25, 0.3) is 0 Å². The molecule has 2 rings (SSSR count). The quantitative estimate of drug-likeness (QED) is 0.255. The average Bonchev–Trinajstić information content (AvgIpc) is 3.00. The number of nitrogens with zero attached hydrogens (tertiary/aromatic N) is 4. The Balaban J connectivity index is 0.000000520. The van der Waals surface area contributed by atoms with Crippen LogP contribution in [0.4, 0.5) is 0 Å². The fourth-order valence-electron chi connectivity index (χ4n) is 1.86.